The topological polar surface area (TPSA) is 81.9 Å². The molecular weight excluding hydrogens is 354 g/mol. The first kappa shape index (κ1) is 18.2. The number of nitrogens with one attached hydrogen (secondary N) is 1. The van der Waals surface area contributed by atoms with Gasteiger partial charge in [-0.25, -0.2) is 4.68 Å². The van der Waals surface area contributed by atoms with Gasteiger partial charge in [0, 0.05) is 6.07 Å². The summed E-state index contributed by atoms with van der Waals surface area (Å²) in [5, 5.41) is 14.1. The third-order valence-corrected chi connectivity index (χ3v) is 5.05. The number of hydrogen-bond acceptors (Lipinski definition) is 5. The van der Waals surface area contributed by atoms with Gasteiger partial charge in [-0.15, -0.1) is 5.10 Å². The molecule has 1 aliphatic carbocycles. The van der Waals surface area contributed by atoms with Crippen LogP contribution in [0.25, 0.3) is 5.69 Å². The van der Waals surface area contributed by atoms with Crippen LogP contribution in [0.4, 0.5) is 0 Å². The van der Waals surface area contributed by atoms with Gasteiger partial charge in [0.25, 0.3) is 5.91 Å². The number of rotatable bonds is 6. The summed E-state index contributed by atoms with van der Waals surface area (Å²) in [5.74, 6) is 0.433. The van der Waals surface area contributed by atoms with Gasteiger partial charge in [-0.05, 0) is 71.9 Å². The maximum absolute atomic E-state index is 12.3. The van der Waals surface area contributed by atoms with Crippen LogP contribution < -0.4 is 10.1 Å². The number of carbonyl (C=O) groups excluding carboxylic acids is 1. The summed E-state index contributed by atoms with van der Waals surface area (Å²) in [4.78, 5) is 12.3. The minimum absolute atomic E-state index is 0.0473. The standard InChI is InChI=1S/C21H23N5O2/c1-15(17-10-9-16-5-2-3-6-18(16)11-17)23-21(27)13-28-20-8-4-7-19(12-20)26-14-22-24-25-26/h4,7-12,14-15H,2-3,5-6,13H2,1H3,(H,23,27)/t15-/m0/s1. The second-order valence-electron chi connectivity index (χ2n) is 7.06. The molecule has 1 atom stereocenters. The van der Waals surface area contributed by atoms with E-state index in [-0.39, 0.29) is 18.6 Å². The summed E-state index contributed by atoms with van der Waals surface area (Å²) in [7, 11) is 0. The van der Waals surface area contributed by atoms with E-state index >= 15 is 0 Å². The van der Waals surface area contributed by atoms with Gasteiger partial charge in [0.2, 0.25) is 0 Å². The molecule has 3 aromatic rings. The monoisotopic (exact) mass is 377 g/mol. The van der Waals surface area contributed by atoms with Crippen molar-refractivity contribution in [3.05, 3.63) is 65.5 Å². The first-order valence-electron chi connectivity index (χ1n) is 9.56. The second-order valence-corrected chi connectivity index (χ2v) is 7.06. The molecule has 7 nitrogen and oxygen atoms in total. The Kier molecular flexibility index (Phi) is 5.32. The van der Waals surface area contributed by atoms with Gasteiger partial charge in [0.15, 0.2) is 6.61 Å². The number of fused-ring (bicyclic) bond motifs is 1. The molecule has 0 saturated heterocycles. The number of aryl methyl sites for hydroxylation is 2. The third kappa shape index (κ3) is 4.19. The van der Waals surface area contributed by atoms with E-state index in [4.69, 9.17) is 4.74 Å². The molecule has 1 aromatic heterocycles. The zero-order valence-electron chi connectivity index (χ0n) is 15.8. The van der Waals surface area contributed by atoms with Crippen molar-refractivity contribution in [1.82, 2.24) is 25.5 Å². The van der Waals surface area contributed by atoms with E-state index in [1.807, 2.05) is 19.1 Å². The average Bonchev–Trinajstić information content (AvgIpc) is 3.27. The van der Waals surface area contributed by atoms with Crippen LogP contribution in [-0.2, 0) is 17.6 Å². The third-order valence-electron chi connectivity index (χ3n) is 5.05. The van der Waals surface area contributed by atoms with Crippen molar-refractivity contribution in [1.29, 1.82) is 0 Å². The van der Waals surface area contributed by atoms with Crippen LogP contribution in [0.1, 0.15) is 42.5 Å². The summed E-state index contributed by atoms with van der Waals surface area (Å²) in [5.41, 5.74) is 4.76. The van der Waals surface area contributed by atoms with Crippen molar-refractivity contribution in [2.75, 3.05) is 6.61 Å². The Morgan fingerprint density at radius 2 is 2.04 bits per heavy atom. The van der Waals surface area contributed by atoms with Crippen LogP contribution in [0, 0.1) is 0 Å². The van der Waals surface area contributed by atoms with Crippen molar-refractivity contribution >= 4 is 5.91 Å². The fraction of sp³-hybridized carbons (Fsp3) is 0.333. The summed E-state index contributed by atoms with van der Waals surface area (Å²) >= 11 is 0. The summed E-state index contributed by atoms with van der Waals surface area (Å²) in [6.45, 7) is 1.95. The molecule has 0 fully saturated rings. The number of hydrogen-bond donors (Lipinski definition) is 1. The number of amides is 1. The molecule has 0 bridgehead atoms. The van der Waals surface area contributed by atoms with Crippen LogP contribution in [0.5, 0.6) is 5.75 Å². The molecule has 144 valence electrons. The molecule has 28 heavy (non-hydrogen) atoms. The lowest BCUT2D eigenvalue weighted by Gasteiger charge is -2.20. The molecule has 1 amide bonds. The van der Waals surface area contributed by atoms with Crippen molar-refractivity contribution < 1.29 is 9.53 Å². The van der Waals surface area contributed by atoms with E-state index in [0.29, 0.717) is 5.75 Å². The molecule has 1 heterocycles. The lowest BCUT2D eigenvalue weighted by Crippen LogP contribution is -2.31. The number of carbonyl (C=O) groups is 1. The van der Waals surface area contributed by atoms with Crippen molar-refractivity contribution in [2.24, 2.45) is 0 Å². The highest BCUT2D eigenvalue weighted by atomic mass is 16.5. The second kappa shape index (κ2) is 8.21. The highest BCUT2D eigenvalue weighted by Gasteiger charge is 2.14. The maximum Gasteiger partial charge on any atom is 0.258 e. The average molecular weight is 377 g/mol. The summed E-state index contributed by atoms with van der Waals surface area (Å²) < 4.78 is 7.17. The minimum atomic E-state index is -0.155. The Bertz CT molecular complexity index is 955. The van der Waals surface area contributed by atoms with Crippen LogP contribution in [-0.4, -0.2) is 32.7 Å². The summed E-state index contributed by atoms with van der Waals surface area (Å²) in [6.07, 6.45) is 6.31. The normalized spacial score (nSPS) is 14.2. The van der Waals surface area contributed by atoms with Gasteiger partial charge >= 0.3 is 0 Å². The Morgan fingerprint density at radius 3 is 2.86 bits per heavy atom. The highest BCUT2D eigenvalue weighted by molar-refractivity contribution is 5.78. The molecule has 7 heteroatoms. The number of nitrogens with zero attached hydrogens (tertiary/aromatic N) is 4. The van der Waals surface area contributed by atoms with Crippen LogP contribution >= 0.6 is 0 Å². The van der Waals surface area contributed by atoms with Gasteiger partial charge in [-0.1, -0.05) is 24.3 Å². The molecule has 4 rings (SSSR count). The molecule has 1 aliphatic rings. The number of ether oxygens (including phenoxy) is 1. The predicted octanol–water partition coefficient (Wildman–Crippen LogP) is 2.80. The zero-order valence-corrected chi connectivity index (χ0v) is 15.8. The Hall–Kier alpha value is -3.22. The SMILES string of the molecule is C[C@H](NC(=O)COc1cccc(-n2cnnn2)c1)c1ccc2c(c1)CCCC2. The van der Waals surface area contributed by atoms with E-state index < -0.39 is 0 Å². The fourth-order valence-corrected chi connectivity index (χ4v) is 3.53. The molecule has 0 unspecified atom stereocenters. The predicted molar refractivity (Wildman–Crippen MR) is 104 cm³/mol. The first-order valence-corrected chi connectivity index (χ1v) is 9.56. The zero-order chi connectivity index (χ0) is 19.3. The van der Waals surface area contributed by atoms with Gasteiger partial charge < -0.3 is 10.1 Å². The van der Waals surface area contributed by atoms with E-state index in [1.54, 1.807) is 12.1 Å². The quantitative estimate of drug-likeness (QED) is 0.714. The molecule has 2 aromatic carbocycles. The van der Waals surface area contributed by atoms with Gasteiger partial charge in [0.1, 0.15) is 12.1 Å². The molecule has 0 saturated carbocycles. The number of aromatic nitrogens is 4. The molecular formula is C21H23N5O2. The van der Waals surface area contributed by atoms with E-state index in [9.17, 15) is 4.79 Å². The molecule has 0 aliphatic heterocycles. The lowest BCUT2D eigenvalue weighted by atomic mass is 9.89. The van der Waals surface area contributed by atoms with Crippen LogP contribution in [0.2, 0.25) is 0 Å². The van der Waals surface area contributed by atoms with E-state index in [2.05, 4.69) is 39.0 Å². The molecule has 0 spiro atoms. The Labute approximate surface area is 163 Å². The van der Waals surface area contributed by atoms with E-state index in [1.165, 1.54) is 35.0 Å². The minimum Gasteiger partial charge on any atom is -0.484 e. The maximum atomic E-state index is 12.3. The highest BCUT2D eigenvalue weighted by Crippen LogP contribution is 2.24. The van der Waals surface area contributed by atoms with Crippen molar-refractivity contribution in [3.8, 4) is 11.4 Å². The number of benzene rings is 2. The lowest BCUT2D eigenvalue weighted by molar-refractivity contribution is -0.123. The van der Waals surface area contributed by atoms with Crippen LogP contribution in [0.15, 0.2) is 48.8 Å². The first-order chi connectivity index (χ1) is 13.7. The van der Waals surface area contributed by atoms with Gasteiger partial charge in [-0.3, -0.25) is 4.79 Å². The smallest absolute Gasteiger partial charge is 0.258 e. The van der Waals surface area contributed by atoms with Crippen molar-refractivity contribution in [2.45, 2.75) is 38.6 Å². The van der Waals surface area contributed by atoms with E-state index in [0.717, 1.165) is 24.1 Å². The fourth-order valence-electron chi connectivity index (χ4n) is 3.53. The largest absolute Gasteiger partial charge is 0.484 e. The van der Waals surface area contributed by atoms with Crippen LogP contribution in [0.3, 0.4) is 0 Å². The number of tetrazole rings is 1. The Morgan fingerprint density at radius 1 is 1.18 bits per heavy atom. The van der Waals surface area contributed by atoms with Gasteiger partial charge in [0.05, 0.1) is 11.7 Å². The summed E-state index contributed by atoms with van der Waals surface area (Å²) in [6, 6.07) is 13.8. The van der Waals surface area contributed by atoms with Crippen molar-refractivity contribution in [3.63, 3.8) is 0 Å². The molecule has 0 radical (unpaired) electrons. The Balaban J connectivity index is 1.34. The molecule has 1 N–H and O–H groups in total. The van der Waals surface area contributed by atoms with Gasteiger partial charge in [-0.2, -0.15) is 0 Å².